The van der Waals surface area contributed by atoms with Gasteiger partial charge < -0.3 is 15.0 Å². The standard InChI is InChI=1S/C28H30Cl3N3O5S/c1-4-26(28(36)32-3)33(17-19-6-15-24(30)25(31)16-19)27(35)18-34(21-9-11-22(12-10-21)39-5-2)40(37,38)23-13-7-20(29)8-14-23/h6-16,26H,4-5,17-18H2,1-3H3,(H,32,36)/t26-/m1/s1. The maximum atomic E-state index is 13.9. The van der Waals surface area contributed by atoms with Crippen LogP contribution in [0.15, 0.2) is 71.6 Å². The first kappa shape index (κ1) is 31.5. The van der Waals surface area contributed by atoms with Gasteiger partial charge in [0.25, 0.3) is 10.0 Å². The third-order valence-corrected chi connectivity index (χ3v) is 8.86. The zero-order chi connectivity index (χ0) is 29.4. The van der Waals surface area contributed by atoms with Crippen molar-refractivity contribution >= 4 is 62.3 Å². The van der Waals surface area contributed by atoms with Crippen molar-refractivity contribution in [2.24, 2.45) is 0 Å². The van der Waals surface area contributed by atoms with Gasteiger partial charge in [0.05, 0.1) is 27.2 Å². The minimum absolute atomic E-state index is 0.000239. The number of carbonyl (C=O) groups excluding carboxylic acids is 2. The van der Waals surface area contributed by atoms with Gasteiger partial charge >= 0.3 is 0 Å². The van der Waals surface area contributed by atoms with E-state index in [-0.39, 0.29) is 23.0 Å². The van der Waals surface area contributed by atoms with Gasteiger partial charge in [-0.2, -0.15) is 0 Å². The van der Waals surface area contributed by atoms with Gasteiger partial charge in [-0.25, -0.2) is 8.42 Å². The number of rotatable bonds is 12. The number of sulfonamides is 1. The van der Waals surface area contributed by atoms with E-state index < -0.39 is 28.5 Å². The highest BCUT2D eigenvalue weighted by Gasteiger charge is 2.33. The highest BCUT2D eigenvalue weighted by Crippen LogP contribution is 2.28. The van der Waals surface area contributed by atoms with Crippen molar-refractivity contribution in [2.45, 2.75) is 37.8 Å². The zero-order valence-electron chi connectivity index (χ0n) is 22.2. The number of carbonyl (C=O) groups is 2. The van der Waals surface area contributed by atoms with Gasteiger partial charge in [0, 0.05) is 18.6 Å². The summed E-state index contributed by atoms with van der Waals surface area (Å²) in [6.07, 6.45) is 0.291. The first-order valence-corrected chi connectivity index (χ1v) is 15.0. The van der Waals surface area contributed by atoms with Crippen LogP contribution in [0.2, 0.25) is 15.1 Å². The molecule has 1 N–H and O–H groups in total. The van der Waals surface area contributed by atoms with E-state index in [1.54, 1.807) is 49.4 Å². The molecule has 214 valence electrons. The lowest BCUT2D eigenvalue weighted by atomic mass is 10.1. The lowest BCUT2D eigenvalue weighted by Gasteiger charge is -2.33. The van der Waals surface area contributed by atoms with E-state index in [0.717, 1.165) is 4.31 Å². The van der Waals surface area contributed by atoms with Crippen LogP contribution in [0.4, 0.5) is 5.69 Å². The molecule has 40 heavy (non-hydrogen) atoms. The maximum Gasteiger partial charge on any atom is 0.264 e. The Kier molecular flexibility index (Phi) is 11.1. The van der Waals surface area contributed by atoms with Crippen molar-refractivity contribution < 1.29 is 22.7 Å². The summed E-state index contributed by atoms with van der Waals surface area (Å²) in [4.78, 5) is 28.0. The summed E-state index contributed by atoms with van der Waals surface area (Å²) in [5.74, 6) is -0.426. The molecule has 0 aliphatic heterocycles. The van der Waals surface area contributed by atoms with E-state index in [2.05, 4.69) is 5.32 Å². The Labute approximate surface area is 249 Å². The van der Waals surface area contributed by atoms with Gasteiger partial charge in [-0.05, 0) is 79.6 Å². The summed E-state index contributed by atoms with van der Waals surface area (Å²) in [7, 11) is -2.74. The van der Waals surface area contributed by atoms with Crippen LogP contribution in [-0.4, -0.2) is 51.4 Å². The highest BCUT2D eigenvalue weighted by molar-refractivity contribution is 7.92. The van der Waals surface area contributed by atoms with E-state index in [1.807, 2.05) is 6.92 Å². The van der Waals surface area contributed by atoms with Crippen molar-refractivity contribution in [1.29, 1.82) is 0 Å². The second kappa shape index (κ2) is 14.1. The first-order chi connectivity index (χ1) is 19.0. The number of nitrogens with one attached hydrogen (secondary N) is 1. The molecule has 0 bridgehead atoms. The quantitative estimate of drug-likeness (QED) is 0.274. The fraction of sp³-hybridized carbons (Fsp3) is 0.286. The van der Waals surface area contributed by atoms with Crippen LogP contribution in [0.25, 0.3) is 0 Å². The van der Waals surface area contributed by atoms with Crippen LogP contribution in [0.5, 0.6) is 5.75 Å². The Morgan fingerprint density at radius 3 is 2.12 bits per heavy atom. The molecule has 2 amide bonds. The minimum atomic E-state index is -4.22. The number of anilines is 1. The van der Waals surface area contributed by atoms with Crippen molar-refractivity contribution in [3.8, 4) is 5.75 Å². The second-order valence-corrected chi connectivity index (χ2v) is 11.8. The SMILES string of the molecule is CCOc1ccc(N(CC(=O)N(Cc2ccc(Cl)c(Cl)c2)[C@H](CC)C(=O)NC)S(=O)(=O)c2ccc(Cl)cc2)cc1. The van der Waals surface area contributed by atoms with Crippen LogP contribution in [0.3, 0.4) is 0 Å². The Hall–Kier alpha value is -2.98. The van der Waals surface area contributed by atoms with Crippen LogP contribution in [0.1, 0.15) is 25.8 Å². The number of likely N-dealkylation sites (N-methyl/N-ethyl adjacent to an activating group) is 1. The number of halogens is 3. The lowest BCUT2D eigenvalue weighted by molar-refractivity contribution is -0.140. The van der Waals surface area contributed by atoms with E-state index >= 15 is 0 Å². The van der Waals surface area contributed by atoms with Crippen LogP contribution < -0.4 is 14.4 Å². The Morgan fingerprint density at radius 1 is 0.925 bits per heavy atom. The van der Waals surface area contributed by atoms with Crippen LogP contribution in [0, 0.1) is 0 Å². The highest BCUT2D eigenvalue weighted by atomic mass is 35.5. The fourth-order valence-corrected chi connectivity index (χ4v) is 5.92. The van der Waals surface area contributed by atoms with E-state index in [0.29, 0.717) is 39.4 Å². The summed E-state index contributed by atoms with van der Waals surface area (Å²) < 4.78 is 34.2. The Balaban J connectivity index is 2.06. The molecule has 0 saturated heterocycles. The third-order valence-electron chi connectivity index (χ3n) is 6.09. The Bertz CT molecular complexity index is 1430. The second-order valence-electron chi connectivity index (χ2n) is 8.70. The molecule has 0 fully saturated rings. The normalized spacial score (nSPS) is 11.9. The predicted molar refractivity (Wildman–Crippen MR) is 159 cm³/mol. The molecule has 0 heterocycles. The van der Waals surface area contributed by atoms with Crippen LogP contribution in [-0.2, 0) is 26.2 Å². The predicted octanol–water partition coefficient (Wildman–Crippen LogP) is 5.79. The summed E-state index contributed by atoms with van der Waals surface area (Å²) in [6.45, 7) is 3.46. The average Bonchev–Trinajstić information content (AvgIpc) is 2.94. The molecule has 8 nitrogen and oxygen atoms in total. The molecule has 0 aromatic heterocycles. The third kappa shape index (κ3) is 7.60. The molecule has 0 spiro atoms. The van der Waals surface area contributed by atoms with Crippen molar-refractivity contribution in [2.75, 3.05) is 24.5 Å². The summed E-state index contributed by atoms with van der Waals surface area (Å²) in [5, 5.41) is 3.59. The van der Waals surface area contributed by atoms with Crippen LogP contribution >= 0.6 is 34.8 Å². The molecule has 0 aliphatic rings. The number of hydrogen-bond acceptors (Lipinski definition) is 5. The van der Waals surface area contributed by atoms with Crippen molar-refractivity contribution in [3.05, 3.63) is 87.4 Å². The monoisotopic (exact) mass is 625 g/mol. The molecule has 3 aromatic rings. The average molecular weight is 627 g/mol. The topological polar surface area (TPSA) is 96.0 Å². The lowest BCUT2D eigenvalue weighted by Crippen LogP contribution is -2.51. The van der Waals surface area contributed by atoms with Gasteiger partial charge in [-0.1, -0.05) is 47.8 Å². The fourth-order valence-electron chi connectivity index (χ4n) is 4.06. The van der Waals surface area contributed by atoms with Gasteiger partial charge in [0.15, 0.2) is 0 Å². The van der Waals surface area contributed by atoms with Gasteiger partial charge in [-0.15, -0.1) is 0 Å². The summed E-state index contributed by atoms with van der Waals surface area (Å²) in [5.41, 5.74) is 0.868. The minimum Gasteiger partial charge on any atom is -0.494 e. The molecule has 12 heteroatoms. The van der Waals surface area contributed by atoms with Gasteiger partial charge in [0.2, 0.25) is 11.8 Å². The maximum absolute atomic E-state index is 13.9. The number of hydrogen-bond donors (Lipinski definition) is 1. The smallest absolute Gasteiger partial charge is 0.264 e. The number of nitrogens with zero attached hydrogens (tertiary/aromatic N) is 2. The molecule has 0 saturated carbocycles. The molecule has 0 unspecified atom stereocenters. The molecule has 0 aliphatic carbocycles. The zero-order valence-corrected chi connectivity index (χ0v) is 25.3. The molecule has 3 rings (SSSR count). The summed E-state index contributed by atoms with van der Waals surface area (Å²) >= 11 is 18.2. The van der Waals surface area contributed by atoms with E-state index in [1.165, 1.54) is 36.2 Å². The number of ether oxygens (including phenoxy) is 1. The van der Waals surface area contributed by atoms with Crippen molar-refractivity contribution in [1.82, 2.24) is 10.2 Å². The first-order valence-electron chi connectivity index (χ1n) is 12.5. The largest absolute Gasteiger partial charge is 0.494 e. The van der Waals surface area contributed by atoms with E-state index in [9.17, 15) is 18.0 Å². The van der Waals surface area contributed by atoms with Crippen molar-refractivity contribution in [3.63, 3.8) is 0 Å². The van der Waals surface area contributed by atoms with Gasteiger partial charge in [-0.3, -0.25) is 13.9 Å². The van der Waals surface area contributed by atoms with E-state index in [4.69, 9.17) is 39.5 Å². The molecule has 1 atom stereocenters. The molecule has 0 radical (unpaired) electrons. The Morgan fingerprint density at radius 2 is 1.57 bits per heavy atom. The molecular weight excluding hydrogens is 597 g/mol. The molecule has 3 aromatic carbocycles. The molecular formula is C28H30Cl3N3O5S. The summed E-state index contributed by atoms with van der Waals surface area (Å²) in [6, 6.07) is 16.1. The number of amides is 2. The van der Waals surface area contributed by atoms with Gasteiger partial charge in [0.1, 0.15) is 18.3 Å². The number of benzene rings is 3.